The van der Waals surface area contributed by atoms with E-state index >= 15 is 0 Å². The lowest BCUT2D eigenvalue weighted by atomic mass is 9.90. The number of unbranched alkanes of at least 4 members (excludes halogenated alkanes) is 9. The van der Waals surface area contributed by atoms with Crippen LogP contribution in [0.15, 0.2) is 72.8 Å². The number of carbonyl (C=O) groups excluding carboxylic acids is 2. The molecule has 0 saturated heterocycles. The summed E-state index contributed by atoms with van der Waals surface area (Å²) in [5, 5.41) is 9.25. The number of nitrogens with zero attached hydrogens (tertiary/aromatic N) is 1. The maximum atomic E-state index is 12.7. The van der Waals surface area contributed by atoms with Crippen molar-refractivity contribution in [2.24, 2.45) is 5.41 Å². The van der Waals surface area contributed by atoms with E-state index in [0.717, 1.165) is 17.5 Å². The van der Waals surface area contributed by atoms with Gasteiger partial charge in [0.2, 0.25) is 0 Å². The van der Waals surface area contributed by atoms with E-state index in [9.17, 15) is 14.9 Å². The average Bonchev–Trinajstić information content (AvgIpc) is 3.02. The van der Waals surface area contributed by atoms with Crippen LogP contribution < -0.4 is 9.47 Å². The SMILES string of the molecule is CCCCCCCCCCCCc1ccc(-c2ccc(C(=O)Oc3ccc(OC(=O)C(C)(C#N)CC)cc3)cc2)cc1. The minimum absolute atomic E-state index is 0.286. The van der Waals surface area contributed by atoms with Crippen molar-refractivity contribution < 1.29 is 19.1 Å². The molecule has 3 aromatic carbocycles. The molecule has 5 heteroatoms. The zero-order valence-corrected chi connectivity index (χ0v) is 25.5. The summed E-state index contributed by atoms with van der Waals surface area (Å²) in [6.07, 6.45) is 15.0. The quantitative estimate of drug-likeness (QED) is 0.0921. The first-order valence-electron chi connectivity index (χ1n) is 15.5. The zero-order chi connectivity index (χ0) is 30.2. The smallest absolute Gasteiger partial charge is 0.343 e. The van der Waals surface area contributed by atoms with E-state index in [2.05, 4.69) is 31.2 Å². The highest BCUT2D eigenvalue weighted by atomic mass is 16.5. The molecule has 3 rings (SSSR count). The van der Waals surface area contributed by atoms with E-state index in [1.807, 2.05) is 18.2 Å². The molecule has 0 amide bonds. The second-order valence-electron chi connectivity index (χ2n) is 11.3. The van der Waals surface area contributed by atoms with Crippen molar-refractivity contribution in [2.45, 2.75) is 97.8 Å². The molecule has 0 aliphatic rings. The van der Waals surface area contributed by atoms with Gasteiger partial charge in [0, 0.05) is 0 Å². The van der Waals surface area contributed by atoms with Gasteiger partial charge in [0.15, 0.2) is 5.41 Å². The molecule has 0 spiro atoms. The number of aryl methyl sites for hydroxylation is 1. The normalized spacial score (nSPS) is 12.2. The zero-order valence-electron chi connectivity index (χ0n) is 25.5. The molecular formula is C37H45NO4. The predicted octanol–water partition coefficient (Wildman–Crippen LogP) is 9.88. The van der Waals surface area contributed by atoms with E-state index in [1.165, 1.54) is 81.9 Å². The lowest BCUT2D eigenvalue weighted by Crippen LogP contribution is -2.29. The van der Waals surface area contributed by atoms with Gasteiger partial charge in [-0.05, 0) is 79.3 Å². The van der Waals surface area contributed by atoms with Crippen molar-refractivity contribution >= 4 is 11.9 Å². The van der Waals surface area contributed by atoms with E-state index in [0.29, 0.717) is 17.7 Å². The summed E-state index contributed by atoms with van der Waals surface area (Å²) >= 11 is 0. The molecule has 0 aromatic heterocycles. The van der Waals surface area contributed by atoms with Crippen LogP contribution in [0, 0.1) is 16.7 Å². The Kier molecular flexibility index (Phi) is 13.3. The van der Waals surface area contributed by atoms with Crippen LogP contribution in [-0.2, 0) is 11.2 Å². The summed E-state index contributed by atoms with van der Waals surface area (Å²) in [6, 6.07) is 24.3. The van der Waals surface area contributed by atoms with Crippen LogP contribution in [0.5, 0.6) is 11.5 Å². The molecule has 42 heavy (non-hydrogen) atoms. The highest BCUT2D eigenvalue weighted by molar-refractivity contribution is 5.91. The maximum absolute atomic E-state index is 12.7. The number of ether oxygens (including phenoxy) is 2. The Balaban J connectivity index is 1.42. The van der Waals surface area contributed by atoms with Gasteiger partial charge >= 0.3 is 11.9 Å². The lowest BCUT2D eigenvalue weighted by molar-refractivity contribution is -0.142. The topological polar surface area (TPSA) is 76.4 Å². The van der Waals surface area contributed by atoms with Gasteiger partial charge in [-0.25, -0.2) is 9.59 Å². The largest absolute Gasteiger partial charge is 0.425 e. The minimum atomic E-state index is -1.20. The number of nitriles is 1. The molecular weight excluding hydrogens is 522 g/mol. The van der Waals surface area contributed by atoms with Crippen LogP contribution in [0.3, 0.4) is 0 Å². The molecule has 1 unspecified atom stereocenters. The van der Waals surface area contributed by atoms with Crippen LogP contribution in [-0.4, -0.2) is 11.9 Å². The van der Waals surface area contributed by atoms with Gasteiger partial charge in [-0.2, -0.15) is 5.26 Å². The molecule has 0 heterocycles. The number of esters is 2. The van der Waals surface area contributed by atoms with Crippen molar-refractivity contribution in [3.8, 4) is 28.7 Å². The highest BCUT2D eigenvalue weighted by Gasteiger charge is 2.33. The van der Waals surface area contributed by atoms with Gasteiger partial charge in [-0.3, -0.25) is 0 Å². The third-order valence-electron chi connectivity index (χ3n) is 7.88. The molecule has 0 fully saturated rings. The number of hydrogen-bond donors (Lipinski definition) is 0. The van der Waals surface area contributed by atoms with E-state index in [-0.39, 0.29) is 5.75 Å². The van der Waals surface area contributed by atoms with Crippen LogP contribution in [0.4, 0.5) is 0 Å². The number of carbonyl (C=O) groups is 2. The van der Waals surface area contributed by atoms with Crippen molar-refractivity contribution in [2.75, 3.05) is 0 Å². The van der Waals surface area contributed by atoms with Crippen LogP contribution in [0.1, 0.15) is 107 Å². The van der Waals surface area contributed by atoms with Crippen molar-refractivity contribution in [1.82, 2.24) is 0 Å². The minimum Gasteiger partial charge on any atom is -0.425 e. The Morgan fingerprint density at radius 2 is 1.14 bits per heavy atom. The number of rotatable bonds is 17. The Morgan fingerprint density at radius 1 is 0.667 bits per heavy atom. The summed E-state index contributed by atoms with van der Waals surface area (Å²) in [6.45, 7) is 5.57. The first-order chi connectivity index (χ1) is 20.4. The van der Waals surface area contributed by atoms with Crippen molar-refractivity contribution in [3.05, 3.63) is 83.9 Å². The fourth-order valence-electron chi connectivity index (χ4n) is 4.71. The number of benzene rings is 3. The van der Waals surface area contributed by atoms with Crippen molar-refractivity contribution in [3.63, 3.8) is 0 Å². The van der Waals surface area contributed by atoms with E-state index < -0.39 is 17.4 Å². The van der Waals surface area contributed by atoms with Gasteiger partial charge in [0.25, 0.3) is 0 Å². The fourth-order valence-corrected chi connectivity index (χ4v) is 4.71. The van der Waals surface area contributed by atoms with Gasteiger partial charge < -0.3 is 9.47 Å². The molecule has 0 bridgehead atoms. The van der Waals surface area contributed by atoms with E-state index in [1.54, 1.807) is 38.1 Å². The van der Waals surface area contributed by atoms with Crippen molar-refractivity contribution in [1.29, 1.82) is 5.26 Å². The Morgan fingerprint density at radius 3 is 1.64 bits per heavy atom. The second kappa shape index (κ2) is 17.1. The predicted molar refractivity (Wildman–Crippen MR) is 168 cm³/mol. The first-order valence-corrected chi connectivity index (χ1v) is 15.5. The van der Waals surface area contributed by atoms with Crippen LogP contribution >= 0.6 is 0 Å². The van der Waals surface area contributed by atoms with E-state index in [4.69, 9.17) is 9.47 Å². The van der Waals surface area contributed by atoms with Gasteiger partial charge in [-0.1, -0.05) is 108 Å². The summed E-state index contributed by atoms with van der Waals surface area (Å²) in [7, 11) is 0. The average molecular weight is 568 g/mol. The molecule has 0 N–H and O–H groups in total. The Labute approximate surface area is 251 Å². The first kappa shape index (κ1) is 32.6. The Bertz CT molecular complexity index is 1290. The second-order valence-corrected chi connectivity index (χ2v) is 11.3. The third-order valence-corrected chi connectivity index (χ3v) is 7.88. The molecule has 1 atom stereocenters. The van der Waals surface area contributed by atoms with Crippen LogP contribution in [0.25, 0.3) is 11.1 Å². The third kappa shape index (κ3) is 10.2. The summed E-state index contributed by atoms with van der Waals surface area (Å²) in [5.74, 6) is -0.462. The lowest BCUT2D eigenvalue weighted by Gasteiger charge is -2.17. The molecule has 222 valence electrons. The number of hydrogen-bond acceptors (Lipinski definition) is 5. The highest BCUT2D eigenvalue weighted by Crippen LogP contribution is 2.26. The summed E-state index contributed by atoms with van der Waals surface area (Å²) in [4.78, 5) is 24.9. The standard InChI is InChI=1S/C37H45NO4/c1-4-6-7-8-9-10-11-12-13-14-15-29-16-18-30(19-17-29)31-20-22-32(23-21-31)35(39)41-33-24-26-34(27-25-33)42-36(40)37(3,5-2)28-38/h16-27H,4-15H2,1-3H3. The Hall–Kier alpha value is -3.91. The molecule has 5 nitrogen and oxygen atoms in total. The molecule has 0 aliphatic carbocycles. The molecule has 3 aromatic rings. The molecule has 0 aliphatic heterocycles. The molecule has 0 saturated carbocycles. The monoisotopic (exact) mass is 567 g/mol. The maximum Gasteiger partial charge on any atom is 0.343 e. The molecule has 0 radical (unpaired) electrons. The van der Waals surface area contributed by atoms with Crippen LogP contribution in [0.2, 0.25) is 0 Å². The summed E-state index contributed by atoms with van der Waals surface area (Å²) in [5.41, 5.74) is 2.76. The van der Waals surface area contributed by atoms with Gasteiger partial charge in [-0.15, -0.1) is 0 Å². The fraction of sp³-hybridized carbons (Fsp3) is 0.432. The van der Waals surface area contributed by atoms with Gasteiger partial charge in [0.1, 0.15) is 11.5 Å². The summed E-state index contributed by atoms with van der Waals surface area (Å²) < 4.78 is 10.8. The van der Waals surface area contributed by atoms with Gasteiger partial charge in [0.05, 0.1) is 11.6 Å².